The van der Waals surface area contributed by atoms with Crippen molar-refractivity contribution >= 4 is 23.9 Å². The summed E-state index contributed by atoms with van der Waals surface area (Å²) in [7, 11) is 12.9. The number of aromatic carboxylic acids is 4. The fourth-order valence-corrected chi connectivity index (χ4v) is 17.4. The standard InChI is InChI=1S/4C22H25NO7/c4*1-27-5-6-30-11-13-7-14-15(8-21(13)28-2)19-9-20(24)16(22(25)26)10-23(19)18-3-4-29-12-17(14)18/h4*7-10,17-18H,3-6,11-12H2,1-2H3,(H,25,26)/t2*17-,18+;2*17-,18-/m1010/s1. The Morgan fingerprint density at radius 3 is 0.708 bits per heavy atom. The molecule has 0 radical (unpaired) electrons. The van der Waals surface area contributed by atoms with Gasteiger partial charge in [0.1, 0.15) is 45.3 Å². The number of hydrogen-bond donors (Lipinski definition) is 4. The first-order valence-electron chi connectivity index (χ1n) is 39.6. The minimum absolute atomic E-state index is 0.0237. The summed E-state index contributed by atoms with van der Waals surface area (Å²) >= 11 is 0. The molecule has 16 rings (SSSR count). The van der Waals surface area contributed by atoms with Gasteiger partial charge in [0.25, 0.3) is 0 Å². The molecule has 12 heterocycles. The highest BCUT2D eigenvalue weighted by molar-refractivity contribution is 5.90. The molecule has 32 nitrogen and oxygen atoms in total. The molecule has 0 unspecified atom stereocenters. The van der Waals surface area contributed by atoms with Crippen LogP contribution in [0.2, 0.25) is 0 Å². The molecular formula is C88H100N4O28. The third-order valence-electron chi connectivity index (χ3n) is 23.2. The average molecular weight is 1660 g/mol. The number of carboxylic acid groups (broad SMARTS) is 4. The van der Waals surface area contributed by atoms with Crippen molar-refractivity contribution in [2.75, 3.05) is 163 Å². The van der Waals surface area contributed by atoms with Gasteiger partial charge in [-0.2, -0.15) is 0 Å². The number of methoxy groups -OCH3 is 8. The van der Waals surface area contributed by atoms with Gasteiger partial charge in [-0.3, -0.25) is 19.2 Å². The van der Waals surface area contributed by atoms with Crippen LogP contribution in [0.4, 0.5) is 0 Å². The topological polar surface area (TPSA) is 385 Å². The van der Waals surface area contributed by atoms with Gasteiger partial charge in [-0.15, -0.1) is 0 Å². The van der Waals surface area contributed by atoms with Crippen molar-refractivity contribution in [3.63, 3.8) is 0 Å². The highest BCUT2D eigenvalue weighted by Gasteiger charge is 2.42. The number of carbonyl (C=O) groups is 4. The van der Waals surface area contributed by atoms with Crippen LogP contribution in [-0.4, -0.2) is 225 Å². The molecule has 8 atom stereocenters. The van der Waals surface area contributed by atoms with Gasteiger partial charge in [0.05, 0.1) is 157 Å². The zero-order chi connectivity index (χ0) is 85.0. The van der Waals surface area contributed by atoms with Gasteiger partial charge < -0.3 is 114 Å². The molecule has 8 aliphatic rings. The summed E-state index contributed by atoms with van der Waals surface area (Å²) in [4.78, 5) is 95.9. The van der Waals surface area contributed by atoms with Gasteiger partial charge in [0.2, 0.25) is 0 Å². The Balaban J connectivity index is 0.000000138. The van der Waals surface area contributed by atoms with E-state index in [9.17, 15) is 58.8 Å². The van der Waals surface area contributed by atoms with Crippen LogP contribution in [0, 0.1) is 0 Å². The Labute approximate surface area is 690 Å². The molecule has 4 aromatic heterocycles. The van der Waals surface area contributed by atoms with Gasteiger partial charge in [0.15, 0.2) is 21.7 Å². The van der Waals surface area contributed by atoms with Crippen LogP contribution in [0.25, 0.3) is 45.0 Å². The van der Waals surface area contributed by atoms with Crippen molar-refractivity contribution in [1.29, 1.82) is 0 Å². The molecule has 0 bridgehead atoms. The smallest absolute Gasteiger partial charge is 0.341 e. The van der Waals surface area contributed by atoms with Crippen LogP contribution < -0.4 is 40.7 Å². The molecule has 32 heteroatoms. The van der Waals surface area contributed by atoms with E-state index in [2.05, 4.69) is 24.3 Å². The van der Waals surface area contributed by atoms with Gasteiger partial charge in [0, 0.05) is 196 Å². The lowest BCUT2D eigenvalue weighted by Gasteiger charge is -2.40. The highest BCUT2D eigenvalue weighted by atomic mass is 16.5. The van der Waals surface area contributed by atoms with Crippen molar-refractivity contribution < 1.29 is 115 Å². The molecule has 0 amide bonds. The van der Waals surface area contributed by atoms with Crippen LogP contribution in [0.1, 0.15) is 159 Å². The van der Waals surface area contributed by atoms with Crippen LogP contribution in [0.3, 0.4) is 0 Å². The number of benzene rings is 4. The molecule has 0 saturated carbocycles. The van der Waals surface area contributed by atoms with Crippen molar-refractivity contribution in [3.8, 4) is 68.0 Å². The number of aromatic nitrogens is 4. The van der Waals surface area contributed by atoms with Crippen LogP contribution in [0.5, 0.6) is 23.0 Å². The zero-order valence-electron chi connectivity index (χ0n) is 68.2. The van der Waals surface area contributed by atoms with E-state index >= 15 is 0 Å². The van der Waals surface area contributed by atoms with E-state index in [1.165, 1.54) is 49.1 Å². The lowest BCUT2D eigenvalue weighted by Crippen LogP contribution is -2.34. The van der Waals surface area contributed by atoms with E-state index in [4.69, 9.17) is 75.8 Å². The Morgan fingerprint density at radius 2 is 0.525 bits per heavy atom. The summed E-state index contributed by atoms with van der Waals surface area (Å²) in [6.45, 7) is 9.92. The number of carboxylic acids is 4. The monoisotopic (exact) mass is 1660 g/mol. The molecule has 640 valence electrons. The number of rotatable bonds is 28. The normalized spacial score (nSPS) is 19.5. The maximum atomic E-state index is 12.4. The number of fused-ring (bicyclic) bond motifs is 24. The third-order valence-corrected chi connectivity index (χ3v) is 23.2. The van der Waals surface area contributed by atoms with E-state index < -0.39 is 45.6 Å². The van der Waals surface area contributed by atoms with Crippen molar-refractivity contribution in [2.24, 2.45) is 0 Å². The maximum absolute atomic E-state index is 12.4. The van der Waals surface area contributed by atoms with Crippen molar-refractivity contribution in [3.05, 3.63) is 205 Å². The van der Waals surface area contributed by atoms with E-state index in [0.29, 0.717) is 178 Å². The van der Waals surface area contributed by atoms with Gasteiger partial charge in [-0.05, 0) is 96.5 Å². The molecule has 4 fully saturated rings. The van der Waals surface area contributed by atoms with Crippen LogP contribution >= 0.6 is 0 Å². The highest BCUT2D eigenvalue weighted by Crippen LogP contribution is 2.53. The van der Waals surface area contributed by atoms with E-state index in [1.54, 1.807) is 56.9 Å². The second kappa shape index (κ2) is 39.7. The summed E-state index contributed by atoms with van der Waals surface area (Å²) in [5.74, 6) is -2.05. The van der Waals surface area contributed by atoms with Crippen LogP contribution in [0.15, 0.2) is 117 Å². The second-order valence-electron chi connectivity index (χ2n) is 29.9. The van der Waals surface area contributed by atoms with Crippen molar-refractivity contribution in [1.82, 2.24) is 18.3 Å². The zero-order valence-corrected chi connectivity index (χ0v) is 68.2. The Hall–Kier alpha value is -10.7. The fourth-order valence-electron chi connectivity index (χ4n) is 17.4. The lowest BCUT2D eigenvalue weighted by atomic mass is 9.80. The SMILES string of the molecule is COCCOCc1cc2c(cc1OC)-c1cc(=O)c(C(=O)O)cn1[C@@H]1CCOC[C@@H]21.COCCOCc1cc2c(cc1OC)-c1cc(=O)c(C(=O)O)cn1[C@@H]1CCOC[C@H]21.COCCOCc1cc2c(cc1OC)-c1cc(=O)c(C(=O)O)cn1[C@H]1CCOC[C@@H]21.COCCOCc1cc2c(cc1OC)-c1cc(=O)c(C(=O)O)cn1[C@H]1CCOC[C@H]21. The largest absolute Gasteiger partial charge is 0.496 e. The predicted molar refractivity (Wildman–Crippen MR) is 434 cm³/mol. The van der Waals surface area contributed by atoms with Gasteiger partial charge in [-0.25, -0.2) is 19.2 Å². The quantitative estimate of drug-likeness (QED) is 0.0331. The molecule has 8 aromatic rings. The molecule has 0 aliphatic carbocycles. The summed E-state index contributed by atoms with van der Waals surface area (Å²) in [5.41, 5.74) is 11.2. The summed E-state index contributed by atoms with van der Waals surface area (Å²) in [6, 6.07) is 21.6. The minimum Gasteiger partial charge on any atom is -0.496 e. The average Bonchev–Trinajstić information content (AvgIpc) is 0.750. The number of hydrogen-bond acceptors (Lipinski definition) is 24. The summed E-state index contributed by atoms with van der Waals surface area (Å²) in [5, 5.41) is 37.7. The number of nitrogens with zero attached hydrogens (tertiary/aromatic N) is 4. The number of ether oxygens (including phenoxy) is 16. The van der Waals surface area contributed by atoms with Crippen molar-refractivity contribution in [2.45, 2.75) is 99.9 Å². The molecule has 4 saturated heterocycles. The van der Waals surface area contributed by atoms with E-state index in [0.717, 1.165) is 92.4 Å². The van der Waals surface area contributed by atoms with Gasteiger partial charge >= 0.3 is 23.9 Å². The molecule has 4 aromatic carbocycles. The van der Waals surface area contributed by atoms with Gasteiger partial charge in [-0.1, -0.05) is 0 Å². The first-order chi connectivity index (χ1) is 58.2. The first kappa shape index (κ1) is 87.1. The van der Waals surface area contributed by atoms with E-state index in [1.807, 2.05) is 42.5 Å². The minimum atomic E-state index is -1.22. The molecule has 0 spiro atoms. The maximum Gasteiger partial charge on any atom is 0.341 e. The third kappa shape index (κ3) is 18.3. The summed E-state index contributed by atoms with van der Waals surface area (Å²) in [6.07, 6.45) is 8.85. The predicted octanol–water partition coefficient (Wildman–Crippen LogP) is 9.77. The number of pyridine rings is 4. The molecule has 8 aliphatic heterocycles. The Kier molecular flexibility index (Phi) is 28.8. The summed E-state index contributed by atoms with van der Waals surface area (Å²) < 4.78 is 96.0. The molecular weight excluding hydrogens is 1560 g/mol. The lowest BCUT2D eigenvalue weighted by molar-refractivity contribution is 0.0483. The second-order valence-corrected chi connectivity index (χ2v) is 29.9. The molecule has 4 N–H and O–H groups in total. The Bertz CT molecular complexity index is 4710. The Morgan fingerprint density at radius 1 is 0.317 bits per heavy atom. The first-order valence-corrected chi connectivity index (χ1v) is 39.6. The van der Waals surface area contributed by atoms with Crippen LogP contribution in [-0.2, 0) is 83.3 Å². The fraction of sp³-hybridized carbons (Fsp3) is 0.455. The van der Waals surface area contributed by atoms with E-state index in [-0.39, 0.29) is 70.1 Å². The molecule has 120 heavy (non-hydrogen) atoms.